The number of carbonyl (C=O) groups is 4. The van der Waals surface area contributed by atoms with Crippen molar-refractivity contribution in [2.24, 2.45) is 0 Å². The highest BCUT2D eigenvalue weighted by Gasteiger charge is 2.59. The number of aliphatic carboxylic acids is 2. The summed E-state index contributed by atoms with van der Waals surface area (Å²) in [5.74, 6) is -5.21. The van der Waals surface area contributed by atoms with Gasteiger partial charge in [-0.2, -0.15) is 0 Å². The lowest BCUT2D eigenvalue weighted by Crippen LogP contribution is -2.62. The molecule has 0 aromatic heterocycles. The highest BCUT2D eigenvalue weighted by Crippen LogP contribution is 2.33. The molecule has 2 rings (SSSR count). The minimum absolute atomic E-state index is 0.0240. The maximum absolute atomic E-state index is 12.4. The molecule has 0 atom stereocenters. The van der Waals surface area contributed by atoms with Gasteiger partial charge in [-0.15, -0.1) is 0 Å². The van der Waals surface area contributed by atoms with Crippen LogP contribution in [0.1, 0.15) is 46.9 Å². The maximum Gasteiger partial charge on any atom is 0.341 e. The molecule has 1 aliphatic heterocycles. The zero-order valence-corrected chi connectivity index (χ0v) is 11.9. The molecular weight excluding hydrogens is 290 g/mol. The number of hydrogen-bond acceptors (Lipinski definition) is 4. The molecule has 7 nitrogen and oxygen atoms in total. The lowest BCUT2D eigenvalue weighted by atomic mass is 9.90. The molecule has 1 heterocycles. The topological polar surface area (TPSA) is 112 Å². The van der Waals surface area contributed by atoms with Gasteiger partial charge >= 0.3 is 11.9 Å². The number of carbonyl (C=O) groups excluding carboxylic acids is 2. The lowest BCUT2D eigenvalue weighted by molar-refractivity contribution is -0.164. The standard InChI is InChI=1S/C15H15NO6/c1-2-3-8-15(13(19)20,14(21)22)16-11(17)9-6-4-5-7-10(9)12(16)18/h4-7H,2-3,8H2,1H3,(H,19,20)(H,21,22). The van der Waals surface area contributed by atoms with Gasteiger partial charge in [-0.25, -0.2) is 14.5 Å². The Morgan fingerprint density at radius 2 is 1.50 bits per heavy atom. The molecular formula is C15H15NO6. The Hall–Kier alpha value is -2.70. The third-order valence-corrected chi connectivity index (χ3v) is 3.78. The molecule has 1 aliphatic rings. The lowest BCUT2D eigenvalue weighted by Gasteiger charge is -2.32. The van der Waals surface area contributed by atoms with E-state index in [1.54, 1.807) is 6.92 Å². The first-order valence-corrected chi connectivity index (χ1v) is 6.82. The Balaban J connectivity index is 2.59. The predicted molar refractivity (Wildman–Crippen MR) is 74.5 cm³/mol. The third kappa shape index (κ3) is 2.05. The number of carboxylic acids is 2. The quantitative estimate of drug-likeness (QED) is 0.606. The summed E-state index contributed by atoms with van der Waals surface area (Å²) in [6, 6.07) is 5.82. The van der Waals surface area contributed by atoms with Crippen LogP contribution < -0.4 is 0 Å². The van der Waals surface area contributed by atoms with E-state index in [0.29, 0.717) is 11.3 Å². The van der Waals surface area contributed by atoms with E-state index in [0.717, 1.165) is 0 Å². The Morgan fingerprint density at radius 1 is 1.05 bits per heavy atom. The fourth-order valence-corrected chi connectivity index (χ4v) is 2.58. The fourth-order valence-electron chi connectivity index (χ4n) is 2.58. The van der Waals surface area contributed by atoms with Crippen LogP contribution in [0.4, 0.5) is 0 Å². The minimum Gasteiger partial charge on any atom is -0.479 e. The Morgan fingerprint density at radius 3 is 1.86 bits per heavy atom. The predicted octanol–water partition coefficient (Wildman–Crippen LogP) is 1.38. The van der Waals surface area contributed by atoms with Crippen molar-refractivity contribution in [3.05, 3.63) is 35.4 Å². The maximum atomic E-state index is 12.4. The van der Waals surface area contributed by atoms with Gasteiger partial charge in [-0.1, -0.05) is 31.9 Å². The number of unbranched alkanes of at least 4 members (excludes halogenated alkanes) is 1. The van der Waals surface area contributed by atoms with Crippen LogP contribution in [-0.2, 0) is 9.59 Å². The summed E-state index contributed by atoms with van der Waals surface area (Å²) >= 11 is 0. The molecule has 0 bridgehead atoms. The number of fused-ring (bicyclic) bond motifs is 1. The second-order valence-corrected chi connectivity index (χ2v) is 5.07. The highest BCUT2D eigenvalue weighted by atomic mass is 16.4. The number of benzene rings is 1. The van der Waals surface area contributed by atoms with E-state index < -0.39 is 29.3 Å². The van der Waals surface area contributed by atoms with Crippen LogP contribution in [0.2, 0.25) is 0 Å². The van der Waals surface area contributed by atoms with Gasteiger partial charge in [0.2, 0.25) is 5.54 Å². The normalized spacial score (nSPS) is 14.1. The van der Waals surface area contributed by atoms with Gasteiger partial charge in [-0.05, 0) is 18.6 Å². The molecule has 1 aromatic rings. The molecule has 0 unspecified atom stereocenters. The summed E-state index contributed by atoms with van der Waals surface area (Å²) in [6.45, 7) is 1.76. The van der Waals surface area contributed by atoms with Gasteiger partial charge in [0.15, 0.2) is 0 Å². The van der Waals surface area contributed by atoms with Crippen molar-refractivity contribution >= 4 is 23.8 Å². The van der Waals surface area contributed by atoms with Gasteiger partial charge in [0.05, 0.1) is 11.1 Å². The summed E-state index contributed by atoms with van der Waals surface area (Å²) in [5, 5.41) is 18.9. The van der Waals surface area contributed by atoms with Gasteiger partial charge in [-0.3, -0.25) is 9.59 Å². The Kier molecular flexibility index (Phi) is 3.99. The number of nitrogens with zero attached hydrogens (tertiary/aromatic N) is 1. The Bertz CT molecular complexity index is 617. The monoisotopic (exact) mass is 305 g/mol. The molecule has 0 radical (unpaired) electrons. The Labute approximate surface area is 126 Å². The van der Waals surface area contributed by atoms with E-state index in [9.17, 15) is 29.4 Å². The minimum atomic E-state index is -2.58. The number of imide groups is 1. The molecule has 0 saturated carbocycles. The van der Waals surface area contributed by atoms with Crippen molar-refractivity contribution in [3.8, 4) is 0 Å². The molecule has 1 aromatic carbocycles. The van der Waals surface area contributed by atoms with Crippen molar-refractivity contribution < 1.29 is 29.4 Å². The molecule has 2 N–H and O–H groups in total. The van der Waals surface area contributed by atoms with Crippen molar-refractivity contribution in [2.45, 2.75) is 31.7 Å². The van der Waals surface area contributed by atoms with E-state index >= 15 is 0 Å². The summed E-state index contributed by atoms with van der Waals surface area (Å²) in [6.07, 6.45) is 0.455. The van der Waals surface area contributed by atoms with Crippen LogP contribution in [0.3, 0.4) is 0 Å². The number of carboxylic acid groups (broad SMARTS) is 2. The largest absolute Gasteiger partial charge is 0.479 e. The summed E-state index contributed by atoms with van der Waals surface area (Å²) in [7, 11) is 0. The van der Waals surface area contributed by atoms with E-state index in [2.05, 4.69) is 0 Å². The van der Waals surface area contributed by atoms with Crippen LogP contribution in [0, 0.1) is 0 Å². The van der Waals surface area contributed by atoms with Crippen LogP contribution in [-0.4, -0.2) is 44.4 Å². The molecule has 0 saturated heterocycles. The van der Waals surface area contributed by atoms with Crippen LogP contribution in [0.5, 0.6) is 0 Å². The van der Waals surface area contributed by atoms with Crippen molar-refractivity contribution in [1.82, 2.24) is 4.90 Å². The van der Waals surface area contributed by atoms with Crippen LogP contribution in [0.15, 0.2) is 24.3 Å². The van der Waals surface area contributed by atoms with Crippen LogP contribution in [0.25, 0.3) is 0 Å². The molecule has 116 valence electrons. The van der Waals surface area contributed by atoms with Gasteiger partial charge in [0.1, 0.15) is 0 Å². The summed E-state index contributed by atoms with van der Waals surface area (Å²) in [5.41, 5.74) is -2.53. The van der Waals surface area contributed by atoms with E-state index in [4.69, 9.17) is 0 Å². The molecule has 0 aliphatic carbocycles. The molecule has 0 spiro atoms. The first kappa shape index (κ1) is 15.7. The number of amides is 2. The highest BCUT2D eigenvalue weighted by molar-refractivity contribution is 6.26. The smallest absolute Gasteiger partial charge is 0.341 e. The van der Waals surface area contributed by atoms with Crippen molar-refractivity contribution in [2.75, 3.05) is 0 Å². The SMILES string of the molecule is CCCCC(C(=O)O)(C(=O)O)N1C(=O)c2ccccc2C1=O. The zero-order valence-electron chi connectivity index (χ0n) is 11.9. The fraction of sp³-hybridized carbons (Fsp3) is 0.333. The van der Waals surface area contributed by atoms with E-state index in [-0.39, 0.29) is 24.0 Å². The van der Waals surface area contributed by atoms with Crippen LogP contribution >= 0.6 is 0 Å². The summed E-state index contributed by atoms with van der Waals surface area (Å²) in [4.78, 5) is 48.5. The van der Waals surface area contributed by atoms with E-state index in [1.165, 1.54) is 24.3 Å². The number of hydrogen-bond donors (Lipinski definition) is 2. The van der Waals surface area contributed by atoms with Crippen molar-refractivity contribution in [1.29, 1.82) is 0 Å². The van der Waals surface area contributed by atoms with Gasteiger partial charge in [0, 0.05) is 0 Å². The molecule has 22 heavy (non-hydrogen) atoms. The molecule has 2 amide bonds. The number of rotatable bonds is 6. The molecule has 7 heteroatoms. The zero-order chi connectivity index (χ0) is 16.5. The first-order chi connectivity index (χ1) is 10.4. The molecule has 0 fully saturated rings. The van der Waals surface area contributed by atoms with E-state index in [1.807, 2.05) is 0 Å². The third-order valence-electron chi connectivity index (χ3n) is 3.78. The second-order valence-electron chi connectivity index (χ2n) is 5.07. The second kappa shape index (κ2) is 5.59. The average molecular weight is 305 g/mol. The summed E-state index contributed by atoms with van der Waals surface area (Å²) < 4.78 is 0. The van der Waals surface area contributed by atoms with Gasteiger partial charge in [0.25, 0.3) is 11.8 Å². The first-order valence-electron chi connectivity index (χ1n) is 6.82. The van der Waals surface area contributed by atoms with Gasteiger partial charge < -0.3 is 10.2 Å². The average Bonchev–Trinajstić information content (AvgIpc) is 2.73. The van der Waals surface area contributed by atoms with Crippen molar-refractivity contribution in [3.63, 3.8) is 0 Å².